The lowest BCUT2D eigenvalue weighted by molar-refractivity contribution is -0.117. The standard InChI is InChI=1S/C13H16N2O4/c1-14-10-3-2-9(13(18)19)5-11(10)15-6-8(7-16)4-12(15)17/h2-3,5,8,14,16H,4,6-7H2,1H3,(H,18,19). The quantitative estimate of drug-likeness (QED) is 0.747. The van der Waals surface area contributed by atoms with Crippen LogP contribution >= 0.6 is 0 Å². The highest BCUT2D eigenvalue weighted by molar-refractivity contribution is 6.00. The number of carbonyl (C=O) groups is 2. The smallest absolute Gasteiger partial charge is 0.335 e. The molecule has 1 amide bonds. The molecule has 1 saturated heterocycles. The molecular formula is C13H16N2O4. The lowest BCUT2D eigenvalue weighted by atomic mass is 10.1. The predicted molar refractivity (Wildman–Crippen MR) is 70.5 cm³/mol. The summed E-state index contributed by atoms with van der Waals surface area (Å²) in [6.07, 6.45) is 0.289. The second-order valence-corrected chi connectivity index (χ2v) is 4.54. The van der Waals surface area contributed by atoms with Gasteiger partial charge in [0, 0.05) is 32.5 Å². The van der Waals surface area contributed by atoms with Crippen molar-refractivity contribution in [3.8, 4) is 0 Å². The number of benzene rings is 1. The lowest BCUT2D eigenvalue weighted by Gasteiger charge is -2.20. The molecule has 0 aliphatic carbocycles. The van der Waals surface area contributed by atoms with E-state index in [2.05, 4.69) is 5.32 Å². The third-order valence-electron chi connectivity index (χ3n) is 3.27. The number of aromatic carboxylic acids is 1. The molecule has 2 rings (SSSR count). The van der Waals surface area contributed by atoms with Gasteiger partial charge in [0.25, 0.3) is 0 Å². The molecule has 0 aromatic heterocycles. The highest BCUT2D eigenvalue weighted by atomic mass is 16.4. The second kappa shape index (κ2) is 5.27. The highest BCUT2D eigenvalue weighted by Gasteiger charge is 2.31. The van der Waals surface area contributed by atoms with Gasteiger partial charge in [-0.15, -0.1) is 0 Å². The van der Waals surface area contributed by atoms with Crippen molar-refractivity contribution in [2.24, 2.45) is 5.92 Å². The van der Waals surface area contributed by atoms with E-state index in [-0.39, 0.29) is 30.4 Å². The number of aliphatic hydroxyl groups is 1. The molecule has 102 valence electrons. The fraction of sp³-hybridized carbons (Fsp3) is 0.385. The molecule has 1 fully saturated rings. The number of anilines is 2. The zero-order valence-electron chi connectivity index (χ0n) is 10.6. The number of carboxylic acid groups (broad SMARTS) is 1. The Morgan fingerprint density at radius 3 is 2.79 bits per heavy atom. The van der Waals surface area contributed by atoms with Crippen LogP contribution < -0.4 is 10.2 Å². The zero-order chi connectivity index (χ0) is 14.0. The molecule has 3 N–H and O–H groups in total. The van der Waals surface area contributed by atoms with Crippen molar-refractivity contribution in [3.05, 3.63) is 23.8 Å². The van der Waals surface area contributed by atoms with Gasteiger partial charge in [0.2, 0.25) is 5.91 Å². The van der Waals surface area contributed by atoms with E-state index in [0.29, 0.717) is 17.9 Å². The van der Waals surface area contributed by atoms with E-state index in [1.165, 1.54) is 17.0 Å². The molecule has 1 aromatic rings. The van der Waals surface area contributed by atoms with Gasteiger partial charge in [-0.25, -0.2) is 4.79 Å². The highest BCUT2D eigenvalue weighted by Crippen LogP contribution is 2.32. The van der Waals surface area contributed by atoms with Crippen LogP contribution in [0.2, 0.25) is 0 Å². The van der Waals surface area contributed by atoms with E-state index < -0.39 is 5.97 Å². The SMILES string of the molecule is CNc1ccc(C(=O)O)cc1N1CC(CO)CC1=O. The Kier molecular flexibility index (Phi) is 3.71. The molecule has 1 heterocycles. The Hall–Kier alpha value is -2.08. The van der Waals surface area contributed by atoms with Gasteiger partial charge in [0.05, 0.1) is 16.9 Å². The van der Waals surface area contributed by atoms with Crippen molar-refractivity contribution in [2.45, 2.75) is 6.42 Å². The van der Waals surface area contributed by atoms with Crippen molar-refractivity contribution in [3.63, 3.8) is 0 Å². The number of nitrogens with zero attached hydrogens (tertiary/aromatic N) is 1. The molecule has 0 bridgehead atoms. The van der Waals surface area contributed by atoms with Crippen LogP contribution in [0.3, 0.4) is 0 Å². The number of hydrogen-bond donors (Lipinski definition) is 3. The number of rotatable bonds is 4. The Morgan fingerprint density at radius 2 is 2.26 bits per heavy atom. The average Bonchev–Trinajstić information content (AvgIpc) is 2.79. The fourth-order valence-corrected chi connectivity index (χ4v) is 2.24. The molecule has 1 aromatic carbocycles. The van der Waals surface area contributed by atoms with Crippen LogP contribution in [0.15, 0.2) is 18.2 Å². The third kappa shape index (κ3) is 2.53. The van der Waals surface area contributed by atoms with Crippen LogP contribution in [0.1, 0.15) is 16.8 Å². The zero-order valence-corrected chi connectivity index (χ0v) is 10.6. The Labute approximate surface area is 110 Å². The van der Waals surface area contributed by atoms with Crippen LogP contribution in [0.25, 0.3) is 0 Å². The van der Waals surface area contributed by atoms with Crippen LogP contribution in [0.5, 0.6) is 0 Å². The van der Waals surface area contributed by atoms with E-state index in [1.807, 2.05) is 0 Å². The summed E-state index contributed by atoms with van der Waals surface area (Å²) in [6, 6.07) is 4.60. The van der Waals surface area contributed by atoms with E-state index >= 15 is 0 Å². The van der Waals surface area contributed by atoms with Gasteiger partial charge in [0.15, 0.2) is 0 Å². The van der Waals surface area contributed by atoms with E-state index in [9.17, 15) is 9.59 Å². The normalized spacial score (nSPS) is 18.7. The minimum atomic E-state index is -1.03. The summed E-state index contributed by atoms with van der Waals surface area (Å²) in [5.74, 6) is -1.22. The van der Waals surface area contributed by atoms with Crippen LogP contribution in [0, 0.1) is 5.92 Å². The van der Waals surface area contributed by atoms with E-state index in [4.69, 9.17) is 10.2 Å². The number of amides is 1. The molecule has 6 heteroatoms. The van der Waals surface area contributed by atoms with Gasteiger partial charge < -0.3 is 20.4 Å². The van der Waals surface area contributed by atoms with E-state index in [1.54, 1.807) is 13.1 Å². The third-order valence-corrected chi connectivity index (χ3v) is 3.27. The summed E-state index contributed by atoms with van der Waals surface area (Å²) in [4.78, 5) is 24.5. The van der Waals surface area contributed by atoms with Crippen molar-refractivity contribution in [1.82, 2.24) is 0 Å². The lowest BCUT2D eigenvalue weighted by Crippen LogP contribution is -2.26. The Bertz CT molecular complexity index is 515. The van der Waals surface area contributed by atoms with E-state index in [0.717, 1.165) is 0 Å². The van der Waals surface area contributed by atoms with Gasteiger partial charge in [-0.3, -0.25) is 4.79 Å². The van der Waals surface area contributed by atoms with Gasteiger partial charge in [-0.2, -0.15) is 0 Å². The van der Waals surface area contributed by atoms with Gasteiger partial charge in [0.1, 0.15) is 0 Å². The van der Waals surface area contributed by atoms with Crippen molar-refractivity contribution in [2.75, 3.05) is 30.4 Å². The molecular weight excluding hydrogens is 248 g/mol. The van der Waals surface area contributed by atoms with Crippen LogP contribution in [-0.2, 0) is 4.79 Å². The first kappa shape index (κ1) is 13.4. The topological polar surface area (TPSA) is 89.9 Å². The summed E-state index contributed by atoms with van der Waals surface area (Å²) in [7, 11) is 1.71. The van der Waals surface area contributed by atoms with Gasteiger partial charge in [-0.1, -0.05) is 0 Å². The Morgan fingerprint density at radius 1 is 1.53 bits per heavy atom. The maximum atomic E-state index is 11.9. The first-order chi connectivity index (χ1) is 9.06. The first-order valence-corrected chi connectivity index (χ1v) is 6.03. The summed E-state index contributed by atoms with van der Waals surface area (Å²) >= 11 is 0. The number of aliphatic hydroxyl groups excluding tert-OH is 1. The summed E-state index contributed by atoms with van der Waals surface area (Å²) in [5, 5.41) is 21.1. The van der Waals surface area contributed by atoms with Crippen molar-refractivity contribution in [1.29, 1.82) is 0 Å². The first-order valence-electron chi connectivity index (χ1n) is 6.03. The minimum absolute atomic E-state index is 0.0459. The molecule has 1 unspecified atom stereocenters. The molecule has 19 heavy (non-hydrogen) atoms. The number of hydrogen-bond acceptors (Lipinski definition) is 4. The number of nitrogens with one attached hydrogen (secondary N) is 1. The molecule has 0 radical (unpaired) electrons. The fourth-order valence-electron chi connectivity index (χ4n) is 2.24. The number of carbonyl (C=O) groups excluding carboxylic acids is 1. The van der Waals surface area contributed by atoms with Crippen LogP contribution in [-0.4, -0.2) is 42.3 Å². The van der Waals surface area contributed by atoms with Gasteiger partial charge >= 0.3 is 5.97 Å². The van der Waals surface area contributed by atoms with Crippen molar-refractivity contribution >= 4 is 23.3 Å². The van der Waals surface area contributed by atoms with Crippen LogP contribution in [0.4, 0.5) is 11.4 Å². The molecule has 1 atom stereocenters. The summed E-state index contributed by atoms with van der Waals surface area (Å²) < 4.78 is 0. The largest absolute Gasteiger partial charge is 0.478 e. The maximum absolute atomic E-state index is 11.9. The average molecular weight is 264 g/mol. The predicted octanol–water partition coefficient (Wildman–Crippen LogP) is 0.772. The second-order valence-electron chi connectivity index (χ2n) is 4.54. The molecule has 1 aliphatic rings. The van der Waals surface area contributed by atoms with Crippen molar-refractivity contribution < 1.29 is 19.8 Å². The number of carboxylic acids is 1. The Balaban J connectivity index is 2.39. The maximum Gasteiger partial charge on any atom is 0.335 e. The molecule has 0 spiro atoms. The monoisotopic (exact) mass is 264 g/mol. The van der Waals surface area contributed by atoms with Gasteiger partial charge in [-0.05, 0) is 18.2 Å². The molecule has 6 nitrogen and oxygen atoms in total. The minimum Gasteiger partial charge on any atom is -0.478 e. The molecule has 1 aliphatic heterocycles. The molecule has 0 saturated carbocycles. The summed E-state index contributed by atoms with van der Waals surface area (Å²) in [6.45, 7) is 0.364. The summed E-state index contributed by atoms with van der Waals surface area (Å²) in [5.41, 5.74) is 1.37.